The van der Waals surface area contributed by atoms with E-state index in [0.29, 0.717) is 6.42 Å². The molecule has 2 aromatic carbocycles. The Morgan fingerprint density at radius 1 is 0.970 bits per heavy atom. The average molecular weight is 471 g/mol. The van der Waals surface area contributed by atoms with Gasteiger partial charge in [0.25, 0.3) is 0 Å². The molecule has 0 aliphatic carbocycles. The number of sulfone groups is 1. The third-order valence-electron chi connectivity index (χ3n) is 5.10. The van der Waals surface area contributed by atoms with Crippen molar-refractivity contribution < 1.29 is 27.2 Å². The van der Waals surface area contributed by atoms with Crippen molar-refractivity contribution in [3.8, 4) is 5.75 Å². The van der Waals surface area contributed by atoms with Crippen LogP contribution in [-0.4, -0.2) is 40.4 Å². The van der Waals surface area contributed by atoms with Crippen LogP contribution < -0.4 is 15.4 Å². The molecule has 0 aliphatic rings. The Kier molecular flexibility index (Phi) is 7.89. The lowest BCUT2D eigenvalue weighted by molar-refractivity contribution is -0.139. The van der Waals surface area contributed by atoms with Crippen molar-refractivity contribution in [1.82, 2.24) is 10.6 Å². The Morgan fingerprint density at radius 3 is 2.24 bits per heavy atom. The second-order valence-electron chi connectivity index (χ2n) is 7.43. The summed E-state index contributed by atoms with van der Waals surface area (Å²) in [6.07, 6.45) is 1.89. The summed E-state index contributed by atoms with van der Waals surface area (Å²) < 4.78 is 36.8. The molecule has 0 saturated carbocycles. The van der Waals surface area contributed by atoms with Gasteiger partial charge in [0.2, 0.25) is 0 Å². The first-order valence-corrected chi connectivity index (χ1v) is 11.9. The summed E-state index contributed by atoms with van der Waals surface area (Å²) in [5.74, 6) is -0.848. The van der Waals surface area contributed by atoms with Crippen molar-refractivity contribution in [1.29, 1.82) is 0 Å². The molecule has 1 heterocycles. The van der Waals surface area contributed by atoms with Gasteiger partial charge < -0.3 is 19.8 Å². The molecule has 3 rings (SSSR count). The number of hydrogen-bond donors (Lipinski definition) is 2. The molecule has 9 heteroatoms. The number of carbonyl (C=O) groups is 2. The van der Waals surface area contributed by atoms with Gasteiger partial charge in [0, 0.05) is 13.1 Å². The minimum atomic E-state index is -3.87. The predicted octanol–water partition coefficient (Wildman–Crippen LogP) is 2.59. The van der Waals surface area contributed by atoms with Gasteiger partial charge in [-0.05, 0) is 55.3 Å². The molecule has 0 fully saturated rings. The Balaban J connectivity index is 1.60. The highest BCUT2D eigenvalue weighted by Crippen LogP contribution is 2.29. The van der Waals surface area contributed by atoms with Gasteiger partial charge in [0.05, 0.1) is 18.3 Å². The van der Waals surface area contributed by atoms with E-state index in [1.165, 1.54) is 24.5 Å². The van der Waals surface area contributed by atoms with Crippen LogP contribution in [0.15, 0.2) is 76.2 Å². The molecule has 0 spiro atoms. The molecule has 1 aromatic heterocycles. The van der Waals surface area contributed by atoms with Crippen LogP contribution in [0.5, 0.6) is 5.75 Å². The van der Waals surface area contributed by atoms with Crippen LogP contribution in [0.25, 0.3) is 0 Å². The fourth-order valence-corrected chi connectivity index (χ4v) is 4.78. The number of amides is 2. The van der Waals surface area contributed by atoms with E-state index in [-0.39, 0.29) is 23.7 Å². The summed E-state index contributed by atoms with van der Waals surface area (Å²) in [6.45, 7) is 1.80. The Bertz CT molecular complexity index is 1170. The van der Waals surface area contributed by atoms with Crippen LogP contribution in [-0.2, 0) is 25.8 Å². The molecule has 33 heavy (non-hydrogen) atoms. The zero-order chi connectivity index (χ0) is 23.8. The molecular weight excluding hydrogens is 444 g/mol. The number of hydrogen-bond acceptors (Lipinski definition) is 6. The second-order valence-corrected chi connectivity index (χ2v) is 9.56. The highest BCUT2D eigenvalue weighted by molar-refractivity contribution is 7.91. The average Bonchev–Trinajstić information content (AvgIpc) is 3.34. The van der Waals surface area contributed by atoms with Crippen LogP contribution >= 0.6 is 0 Å². The van der Waals surface area contributed by atoms with Crippen LogP contribution in [0.2, 0.25) is 0 Å². The van der Waals surface area contributed by atoms with E-state index in [2.05, 4.69) is 10.6 Å². The number of benzene rings is 2. The summed E-state index contributed by atoms with van der Waals surface area (Å²) in [4.78, 5) is 24.6. The van der Waals surface area contributed by atoms with Gasteiger partial charge in [-0.25, -0.2) is 8.42 Å². The minimum Gasteiger partial charge on any atom is -0.497 e. The molecule has 0 unspecified atom stereocenters. The number of furan rings is 1. The zero-order valence-electron chi connectivity index (χ0n) is 18.4. The van der Waals surface area contributed by atoms with Gasteiger partial charge in [0.15, 0.2) is 9.84 Å². The normalized spacial score (nSPS) is 12.1. The first-order chi connectivity index (χ1) is 15.8. The first-order valence-electron chi connectivity index (χ1n) is 10.3. The summed E-state index contributed by atoms with van der Waals surface area (Å²) in [7, 11) is -2.29. The van der Waals surface area contributed by atoms with Gasteiger partial charge in [0.1, 0.15) is 16.8 Å². The summed E-state index contributed by atoms with van der Waals surface area (Å²) in [6, 6.07) is 16.9. The highest BCUT2D eigenvalue weighted by atomic mass is 32.2. The second kappa shape index (κ2) is 10.8. The van der Waals surface area contributed by atoms with Crippen LogP contribution in [0.4, 0.5) is 0 Å². The molecule has 0 bridgehead atoms. The van der Waals surface area contributed by atoms with Crippen molar-refractivity contribution in [2.24, 2.45) is 0 Å². The molecule has 3 aromatic rings. The zero-order valence-corrected chi connectivity index (χ0v) is 19.2. The summed E-state index contributed by atoms with van der Waals surface area (Å²) in [5.41, 5.74) is 1.89. The van der Waals surface area contributed by atoms with Crippen molar-refractivity contribution in [3.05, 3.63) is 83.8 Å². The molecule has 174 valence electrons. The van der Waals surface area contributed by atoms with Crippen LogP contribution in [0, 0.1) is 6.92 Å². The number of aryl methyl sites for hydroxylation is 1. The van der Waals surface area contributed by atoms with Crippen molar-refractivity contribution in [2.45, 2.75) is 23.5 Å². The largest absolute Gasteiger partial charge is 0.497 e. The molecule has 0 radical (unpaired) electrons. The van der Waals surface area contributed by atoms with E-state index in [9.17, 15) is 18.0 Å². The minimum absolute atomic E-state index is 0.104. The third-order valence-corrected chi connectivity index (χ3v) is 7.17. The van der Waals surface area contributed by atoms with Crippen molar-refractivity contribution >= 4 is 21.7 Å². The number of ether oxygens (including phenoxy) is 1. The Morgan fingerprint density at radius 2 is 1.64 bits per heavy atom. The van der Waals surface area contributed by atoms with Crippen molar-refractivity contribution in [2.75, 3.05) is 20.2 Å². The molecular formula is C24H26N2O6S. The number of carbonyl (C=O) groups excluding carboxylic acids is 2. The van der Waals surface area contributed by atoms with Gasteiger partial charge in [-0.3, -0.25) is 9.59 Å². The summed E-state index contributed by atoms with van der Waals surface area (Å²) in [5, 5.41) is 3.78. The Labute approximate surface area is 192 Å². The summed E-state index contributed by atoms with van der Waals surface area (Å²) >= 11 is 0. The molecule has 1 atom stereocenters. The van der Waals surface area contributed by atoms with Gasteiger partial charge in [-0.15, -0.1) is 0 Å². The first kappa shape index (κ1) is 24.1. The smallest absolute Gasteiger partial charge is 0.309 e. The standard InChI is InChI=1S/C24H26N2O6S/c1-17-5-11-20(12-6-17)33(29,30)22(21-4-3-15-32-21)16-26-24(28)23(27)25-14-13-18-7-9-19(31-2)10-8-18/h3-12,15,22H,13-14,16H2,1-2H3,(H,25,27)(H,26,28)/t22-/m1/s1. The predicted molar refractivity (Wildman–Crippen MR) is 123 cm³/mol. The van der Waals surface area contributed by atoms with Crippen molar-refractivity contribution in [3.63, 3.8) is 0 Å². The van der Waals surface area contributed by atoms with E-state index >= 15 is 0 Å². The fourth-order valence-electron chi connectivity index (χ4n) is 3.19. The van der Waals surface area contributed by atoms with Gasteiger partial charge in [-0.1, -0.05) is 29.8 Å². The van der Waals surface area contributed by atoms with E-state index < -0.39 is 26.9 Å². The lowest BCUT2D eigenvalue weighted by atomic mass is 10.1. The lowest BCUT2D eigenvalue weighted by Crippen LogP contribution is -2.42. The van der Waals surface area contributed by atoms with E-state index in [4.69, 9.17) is 9.15 Å². The van der Waals surface area contributed by atoms with E-state index in [1.54, 1.807) is 25.3 Å². The van der Waals surface area contributed by atoms with Gasteiger partial charge in [-0.2, -0.15) is 0 Å². The SMILES string of the molecule is COc1ccc(CCNC(=O)C(=O)NC[C@H](c2ccco2)S(=O)(=O)c2ccc(C)cc2)cc1. The molecule has 0 aliphatic heterocycles. The monoisotopic (exact) mass is 470 g/mol. The van der Waals surface area contributed by atoms with Crippen LogP contribution in [0.1, 0.15) is 22.1 Å². The molecule has 2 amide bonds. The maximum atomic E-state index is 13.2. The quantitative estimate of drug-likeness (QED) is 0.465. The maximum Gasteiger partial charge on any atom is 0.309 e. The topological polar surface area (TPSA) is 115 Å². The molecule has 8 nitrogen and oxygen atoms in total. The Hall–Kier alpha value is -3.59. The maximum absolute atomic E-state index is 13.2. The van der Waals surface area contributed by atoms with Crippen LogP contribution in [0.3, 0.4) is 0 Å². The van der Waals surface area contributed by atoms with Gasteiger partial charge >= 0.3 is 11.8 Å². The molecule has 2 N–H and O–H groups in total. The molecule has 0 saturated heterocycles. The number of nitrogens with one attached hydrogen (secondary N) is 2. The highest BCUT2D eigenvalue weighted by Gasteiger charge is 2.32. The number of rotatable bonds is 9. The lowest BCUT2D eigenvalue weighted by Gasteiger charge is -2.17. The van der Waals surface area contributed by atoms with E-state index in [1.807, 2.05) is 31.2 Å². The third kappa shape index (κ3) is 6.23. The van der Waals surface area contributed by atoms with E-state index in [0.717, 1.165) is 16.9 Å². The fraction of sp³-hybridized carbons (Fsp3) is 0.250. The number of methoxy groups -OCH3 is 1.